The molecule has 0 radical (unpaired) electrons. The predicted octanol–water partition coefficient (Wildman–Crippen LogP) is 3.25. The highest BCUT2D eigenvalue weighted by Gasteiger charge is 2.23. The van der Waals surface area contributed by atoms with Gasteiger partial charge in [0.15, 0.2) is 0 Å². The molecule has 0 unspecified atom stereocenters. The maximum Gasteiger partial charge on any atom is 0.313 e. The second kappa shape index (κ2) is 9.87. The number of nitrogens with one attached hydrogen (secondary N) is 3. The summed E-state index contributed by atoms with van der Waals surface area (Å²) in [5, 5.41) is 8.22. The summed E-state index contributed by atoms with van der Waals surface area (Å²) in [5.74, 6) is -1.07. The van der Waals surface area contributed by atoms with Gasteiger partial charge in [-0.05, 0) is 49.3 Å². The van der Waals surface area contributed by atoms with Crippen LogP contribution in [0.15, 0.2) is 54.6 Å². The molecule has 1 aliphatic rings. The van der Waals surface area contributed by atoms with Crippen molar-refractivity contribution in [2.75, 3.05) is 5.32 Å². The molecule has 0 heterocycles. The lowest BCUT2D eigenvalue weighted by Crippen LogP contribution is -2.43. The molecule has 1 aliphatic carbocycles. The largest absolute Gasteiger partial charge is 0.348 e. The second-order valence-corrected chi connectivity index (χ2v) is 7.60. The molecule has 3 amide bonds. The summed E-state index contributed by atoms with van der Waals surface area (Å²) in [6, 6.07) is 16.3. The summed E-state index contributed by atoms with van der Waals surface area (Å²) in [4.78, 5) is 37.2. The highest BCUT2D eigenvalue weighted by atomic mass is 16.2. The molecule has 152 valence electrons. The van der Waals surface area contributed by atoms with Gasteiger partial charge in [0.1, 0.15) is 0 Å². The van der Waals surface area contributed by atoms with Gasteiger partial charge in [0.05, 0.1) is 11.3 Å². The van der Waals surface area contributed by atoms with Crippen molar-refractivity contribution in [3.8, 4) is 0 Å². The van der Waals surface area contributed by atoms with Gasteiger partial charge in [0.25, 0.3) is 5.91 Å². The van der Waals surface area contributed by atoms with Gasteiger partial charge in [-0.2, -0.15) is 0 Å². The number of carbonyl (C=O) groups excluding carboxylic acids is 3. The third-order valence-corrected chi connectivity index (χ3v) is 5.27. The Bertz CT molecular complexity index is 859. The Kier molecular flexibility index (Phi) is 7.00. The van der Waals surface area contributed by atoms with Crippen LogP contribution in [0.4, 0.5) is 5.69 Å². The van der Waals surface area contributed by atoms with Crippen LogP contribution >= 0.6 is 0 Å². The lowest BCUT2D eigenvalue weighted by atomic mass is 9.87. The molecule has 0 aliphatic heterocycles. The monoisotopic (exact) mass is 393 g/mol. The van der Waals surface area contributed by atoms with Crippen molar-refractivity contribution in [3.63, 3.8) is 0 Å². The summed E-state index contributed by atoms with van der Waals surface area (Å²) < 4.78 is 0. The molecule has 29 heavy (non-hydrogen) atoms. The average molecular weight is 393 g/mol. The molecule has 2 aromatic rings. The first-order valence-corrected chi connectivity index (χ1v) is 10.1. The number of para-hydroxylation sites is 1. The quantitative estimate of drug-likeness (QED) is 0.682. The number of rotatable bonds is 5. The van der Waals surface area contributed by atoms with E-state index in [-0.39, 0.29) is 11.9 Å². The number of hydrogen-bond donors (Lipinski definition) is 3. The topological polar surface area (TPSA) is 87.3 Å². The summed E-state index contributed by atoms with van der Waals surface area (Å²) in [5.41, 5.74) is 1.61. The molecule has 3 rings (SSSR count). The van der Waals surface area contributed by atoms with Crippen LogP contribution in [0, 0.1) is 5.92 Å². The standard InChI is InChI=1S/C23H27N3O3/c1-16-11-13-18(14-12-16)25-22(28)23(29)26-20-10-6-5-9-19(20)21(27)24-15-17-7-3-2-4-8-17/h2-10,16,18H,11-15H2,1H3,(H,24,27)(H,25,28)(H,26,29). The van der Waals surface area contributed by atoms with Crippen molar-refractivity contribution in [1.29, 1.82) is 0 Å². The first kappa shape index (κ1) is 20.6. The Morgan fingerprint density at radius 2 is 1.52 bits per heavy atom. The summed E-state index contributed by atoms with van der Waals surface area (Å²) in [7, 11) is 0. The summed E-state index contributed by atoms with van der Waals surface area (Å²) in [6.07, 6.45) is 3.88. The zero-order valence-electron chi connectivity index (χ0n) is 16.6. The minimum atomic E-state index is -0.757. The van der Waals surface area contributed by atoms with Gasteiger partial charge in [0.2, 0.25) is 0 Å². The number of benzene rings is 2. The Hall–Kier alpha value is -3.15. The molecule has 0 bridgehead atoms. The van der Waals surface area contributed by atoms with E-state index in [2.05, 4.69) is 22.9 Å². The van der Waals surface area contributed by atoms with Crippen molar-refractivity contribution < 1.29 is 14.4 Å². The van der Waals surface area contributed by atoms with E-state index in [4.69, 9.17) is 0 Å². The number of anilines is 1. The van der Waals surface area contributed by atoms with Crippen molar-refractivity contribution in [3.05, 3.63) is 65.7 Å². The van der Waals surface area contributed by atoms with Crippen molar-refractivity contribution >= 4 is 23.4 Å². The lowest BCUT2D eigenvalue weighted by Gasteiger charge is -2.26. The fourth-order valence-corrected chi connectivity index (χ4v) is 3.50. The van der Waals surface area contributed by atoms with E-state index >= 15 is 0 Å². The fraction of sp³-hybridized carbons (Fsp3) is 0.348. The van der Waals surface area contributed by atoms with E-state index < -0.39 is 11.8 Å². The molecular weight excluding hydrogens is 366 g/mol. The van der Waals surface area contributed by atoms with Crippen molar-refractivity contribution in [2.45, 2.75) is 45.2 Å². The lowest BCUT2D eigenvalue weighted by molar-refractivity contribution is -0.136. The molecular formula is C23H27N3O3. The second-order valence-electron chi connectivity index (χ2n) is 7.60. The van der Waals surface area contributed by atoms with Gasteiger partial charge in [0, 0.05) is 12.6 Å². The highest BCUT2D eigenvalue weighted by Crippen LogP contribution is 2.23. The van der Waals surface area contributed by atoms with E-state index in [1.807, 2.05) is 30.3 Å². The predicted molar refractivity (Wildman–Crippen MR) is 112 cm³/mol. The van der Waals surface area contributed by atoms with E-state index in [9.17, 15) is 14.4 Å². The number of hydrogen-bond acceptors (Lipinski definition) is 3. The van der Waals surface area contributed by atoms with E-state index in [1.165, 1.54) is 0 Å². The van der Waals surface area contributed by atoms with Gasteiger partial charge in [-0.3, -0.25) is 14.4 Å². The first-order chi connectivity index (χ1) is 14.0. The van der Waals surface area contributed by atoms with Gasteiger partial charge >= 0.3 is 11.8 Å². The van der Waals surface area contributed by atoms with Crippen LogP contribution in [0.1, 0.15) is 48.5 Å². The zero-order chi connectivity index (χ0) is 20.6. The molecule has 2 aromatic carbocycles. The Morgan fingerprint density at radius 3 is 2.24 bits per heavy atom. The fourth-order valence-electron chi connectivity index (χ4n) is 3.50. The summed E-state index contributed by atoms with van der Waals surface area (Å²) in [6.45, 7) is 2.58. The molecule has 0 atom stereocenters. The molecule has 3 N–H and O–H groups in total. The minimum absolute atomic E-state index is 0.0360. The van der Waals surface area contributed by atoms with Gasteiger partial charge in [-0.25, -0.2) is 0 Å². The van der Waals surface area contributed by atoms with Crippen LogP contribution in [0.2, 0.25) is 0 Å². The van der Waals surface area contributed by atoms with Gasteiger partial charge in [-0.1, -0.05) is 49.4 Å². The molecule has 0 aromatic heterocycles. The van der Waals surface area contributed by atoms with Crippen LogP contribution in [0.5, 0.6) is 0 Å². The van der Waals surface area contributed by atoms with Gasteiger partial charge in [-0.15, -0.1) is 0 Å². The van der Waals surface area contributed by atoms with E-state index in [1.54, 1.807) is 24.3 Å². The zero-order valence-corrected chi connectivity index (χ0v) is 16.6. The average Bonchev–Trinajstić information content (AvgIpc) is 2.74. The third kappa shape index (κ3) is 5.91. The van der Waals surface area contributed by atoms with Crippen molar-refractivity contribution in [2.24, 2.45) is 5.92 Å². The van der Waals surface area contributed by atoms with Crippen LogP contribution < -0.4 is 16.0 Å². The molecule has 6 nitrogen and oxygen atoms in total. The number of amides is 3. The summed E-state index contributed by atoms with van der Waals surface area (Å²) >= 11 is 0. The highest BCUT2D eigenvalue weighted by molar-refractivity contribution is 6.40. The van der Waals surface area contributed by atoms with Gasteiger partial charge < -0.3 is 16.0 Å². The molecule has 1 saturated carbocycles. The third-order valence-electron chi connectivity index (χ3n) is 5.27. The molecule has 0 saturated heterocycles. The molecule has 1 fully saturated rings. The normalized spacial score (nSPS) is 18.5. The first-order valence-electron chi connectivity index (χ1n) is 10.1. The van der Waals surface area contributed by atoms with Crippen LogP contribution in [0.3, 0.4) is 0 Å². The number of carbonyl (C=O) groups is 3. The molecule has 6 heteroatoms. The molecule has 0 spiro atoms. The Labute approximate surface area is 171 Å². The minimum Gasteiger partial charge on any atom is -0.348 e. The van der Waals surface area contributed by atoms with Crippen LogP contribution in [-0.2, 0) is 16.1 Å². The van der Waals surface area contributed by atoms with E-state index in [0.29, 0.717) is 23.7 Å². The van der Waals surface area contributed by atoms with Crippen LogP contribution in [0.25, 0.3) is 0 Å². The van der Waals surface area contributed by atoms with Crippen molar-refractivity contribution in [1.82, 2.24) is 10.6 Å². The maximum absolute atomic E-state index is 12.6. The Balaban J connectivity index is 1.58. The maximum atomic E-state index is 12.6. The smallest absolute Gasteiger partial charge is 0.313 e. The van der Waals surface area contributed by atoms with E-state index in [0.717, 1.165) is 31.2 Å². The SMILES string of the molecule is CC1CCC(NC(=O)C(=O)Nc2ccccc2C(=O)NCc2ccccc2)CC1. The van der Waals surface area contributed by atoms with Crippen LogP contribution in [-0.4, -0.2) is 23.8 Å². The Morgan fingerprint density at radius 1 is 0.862 bits per heavy atom.